The zero-order chi connectivity index (χ0) is 18.5. The maximum atomic E-state index is 12.3. The van der Waals surface area contributed by atoms with Crippen LogP contribution in [0.25, 0.3) is 10.9 Å². The summed E-state index contributed by atoms with van der Waals surface area (Å²) >= 11 is 0. The second-order valence-corrected chi connectivity index (χ2v) is 5.57. The smallest absolute Gasteiger partial charge is 0.261 e. The minimum Gasteiger partial charge on any atom is -0.508 e. The van der Waals surface area contributed by atoms with Crippen LogP contribution in [0.5, 0.6) is 5.75 Å². The number of hydrogen-bond donors (Lipinski definition) is 3. The first-order valence-electron chi connectivity index (χ1n) is 7.83. The lowest BCUT2D eigenvalue weighted by Gasteiger charge is -2.09. The van der Waals surface area contributed by atoms with E-state index in [0.717, 1.165) is 0 Å². The molecular weight excluding hydrogens is 336 g/mol. The van der Waals surface area contributed by atoms with Crippen LogP contribution in [0.2, 0.25) is 0 Å². The van der Waals surface area contributed by atoms with E-state index in [1.165, 1.54) is 35.2 Å². The number of carbonyl (C=O) groups is 2. The van der Waals surface area contributed by atoms with E-state index in [1.54, 1.807) is 24.3 Å². The molecule has 132 valence electrons. The molecule has 3 N–H and O–H groups in total. The zero-order valence-corrected chi connectivity index (χ0v) is 13.7. The quantitative estimate of drug-likeness (QED) is 0.589. The van der Waals surface area contributed by atoms with Crippen molar-refractivity contribution in [3.8, 4) is 5.75 Å². The van der Waals surface area contributed by atoms with Crippen LogP contribution < -0.4 is 16.2 Å². The topological polar surface area (TPSA) is 113 Å². The van der Waals surface area contributed by atoms with Crippen LogP contribution in [-0.4, -0.2) is 33.0 Å². The molecule has 8 heteroatoms. The highest BCUT2D eigenvalue weighted by molar-refractivity contribution is 5.94. The molecule has 0 aliphatic carbocycles. The fourth-order valence-electron chi connectivity index (χ4n) is 2.36. The van der Waals surface area contributed by atoms with Gasteiger partial charge in [0.25, 0.3) is 5.56 Å². The average molecular weight is 352 g/mol. The molecule has 1 aromatic heterocycles. The number of anilines is 1. The van der Waals surface area contributed by atoms with Gasteiger partial charge in [0, 0.05) is 5.69 Å². The van der Waals surface area contributed by atoms with E-state index in [1.807, 2.05) is 0 Å². The van der Waals surface area contributed by atoms with Gasteiger partial charge in [-0.1, -0.05) is 12.1 Å². The summed E-state index contributed by atoms with van der Waals surface area (Å²) in [6, 6.07) is 12.8. The van der Waals surface area contributed by atoms with Crippen LogP contribution in [0.4, 0.5) is 5.69 Å². The molecule has 8 nitrogen and oxygen atoms in total. The Balaban J connectivity index is 1.57. The standard InChI is InChI=1S/C18H16N4O4/c23-13-7-5-12(6-8-13)21-16(24)9-19-17(25)10-22-11-20-15-4-2-1-3-14(15)18(22)26/h1-8,11,23H,9-10H2,(H,19,25)(H,21,24). The molecule has 2 amide bonds. The lowest BCUT2D eigenvalue weighted by Crippen LogP contribution is -2.37. The summed E-state index contributed by atoms with van der Waals surface area (Å²) in [5.74, 6) is -0.816. The van der Waals surface area contributed by atoms with Crippen LogP contribution in [0.3, 0.4) is 0 Å². The fraction of sp³-hybridized carbons (Fsp3) is 0.111. The Morgan fingerprint density at radius 1 is 1.04 bits per heavy atom. The van der Waals surface area contributed by atoms with Gasteiger partial charge in [-0.2, -0.15) is 0 Å². The number of nitrogens with zero attached hydrogens (tertiary/aromatic N) is 2. The number of nitrogens with one attached hydrogen (secondary N) is 2. The minimum atomic E-state index is -0.481. The largest absolute Gasteiger partial charge is 0.508 e. The Labute approximate surface area is 148 Å². The average Bonchev–Trinajstić information content (AvgIpc) is 2.64. The first-order chi connectivity index (χ1) is 12.5. The van der Waals surface area contributed by atoms with Gasteiger partial charge in [0.05, 0.1) is 23.8 Å². The van der Waals surface area contributed by atoms with Gasteiger partial charge in [0.15, 0.2) is 0 Å². The van der Waals surface area contributed by atoms with Gasteiger partial charge in [-0.05, 0) is 36.4 Å². The number of phenols is 1. The van der Waals surface area contributed by atoms with Gasteiger partial charge in [-0.15, -0.1) is 0 Å². The summed E-state index contributed by atoms with van der Waals surface area (Å²) in [6.07, 6.45) is 1.31. The van der Waals surface area contributed by atoms with Crippen molar-refractivity contribution in [2.45, 2.75) is 6.54 Å². The maximum Gasteiger partial charge on any atom is 0.261 e. The highest BCUT2D eigenvalue weighted by Crippen LogP contribution is 2.13. The molecular formula is C18H16N4O4. The number of hydrogen-bond acceptors (Lipinski definition) is 5. The Hall–Kier alpha value is -3.68. The number of aromatic hydroxyl groups is 1. The van der Waals surface area contributed by atoms with Crippen molar-refractivity contribution in [2.24, 2.45) is 0 Å². The van der Waals surface area contributed by atoms with Gasteiger partial charge in [-0.3, -0.25) is 19.0 Å². The predicted octanol–water partition coefficient (Wildman–Crippen LogP) is 0.857. The van der Waals surface area contributed by atoms with Gasteiger partial charge in [-0.25, -0.2) is 4.98 Å². The molecule has 0 aliphatic rings. The van der Waals surface area contributed by atoms with E-state index in [9.17, 15) is 19.5 Å². The van der Waals surface area contributed by atoms with Crippen molar-refractivity contribution in [2.75, 3.05) is 11.9 Å². The van der Waals surface area contributed by atoms with Crippen molar-refractivity contribution >= 4 is 28.4 Å². The molecule has 0 radical (unpaired) electrons. The summed E-state index contributed by atoms with van der Waals surface area (Å²) in [7, 11) is 0. The van der Waals surface area contributed by atoms with Crippen molar-refractivity contribution in [3.05, 3.63) is 65.2 Å². The van der Waals surface area contributed by atoms with Crippen LogP contribution in [0.1, 0.15) is 0 Å². The highest BCUT2D eigenvalue weighted by Gasteiger charge is 2.09. The summed E-state index contributed by atoms with van der Waals surface area (Å²) in [6.45, 7) is -0.474. The molecule has 1 heterocycles. The Morgan fingerprint density at radius 2 is 1.77 bits per heavy atom. The maximum absolute atomic E-state index is 12.3. The monoisotopic (exact) mass is 352 g/mol. The van der Waals surface area contributed by atoms with E-state index < -0.39 is 11.8 Å². The lowest BCUT2D eigenvalue weighted by molar-refractivity contribution is -0.124. The summed E-state index contributed by atoms with van der Waals surface area (Å²) in [5.41, 5.74) is 0.735. The van der Waals surface area contributed by atoms with Gasteiger partial charge >= 0.3 is 0 Å². The molecule has 0 saturated carbocycles. The summed E-state index contributed by atoms with van der Waals surface area (Å²) < 4.78 is 1.19. The molecule has 0 fully saturated rings. The molecule has 0 atom stereocenters. The molecule has 3 rings (SSSR count). The van der Waals surface area contributed by atoms with E-state index in [0.29, 0.717) is 16.6 Å². The van der Waals surface area contributed by atoms with Crippen LogP contribution >= 0.6 is 0 Å². The minimum absolute atomic E-state index is 0.0886. The molecule has 26 heavy (non-hydrogen) atoms. The Morgan fingerprint density at radius 3 is 2.54 bits per heavy atom. The molecule has 0 saturated heterocycles. The number of para-hydroxylation sites is 1. The number of amides is 2. The van der Waals surface area contributed by atoms with E-state index in [2.05, 4.69) is 15.6 Å². The van der Waals surface area contributed by atoms with Crippen molar-refractivity contribution in [1.29, 1.82) is 0 Å². The molecule has 0 unspecified atom stereocenters. The lowest BCUT2D eigenvalue weighted by atomic mass is 10.2. The van der Waals surface area contributed by atoms with Crippen molar-refractivity contribution < 1.29 is 14.7 Å². The molecule has 0 bridgehead atoms. The van der Waals surface area contributed by atoms with E-state index >= 15 is 0 Å². The number of fused-ring (bicyclic) bond motifs is 1. The molecule has 0 spiro atoms. The van der Waals surface area contributed by atoms with E-state index in [4.69, 9.17) is 0 Å². The zero-order valence-electron chi connectivity index (χ0n) is 13.7. The molecule has 3 aromatic rings. The number of rotatable bonds is 5. The third-order valence-corrected chi connectivity index (χ3v) is 3.64. The highest BCUT2D eigenvalue weighted by atomic mass is 16.3. The number of carbonyl (C=O) groups excluding carboxylic acids is 2. The molecule has 2 aromatic carbocycles. The number of benzene rings is 2. The summed E-state index contributed by atoms with van der Waals surface area (Å²) in [5, 5.41) is 14.6. The van der Waals surface area contributed by atoms with Crippen LogP contribution in [0.15, 0.2) is 59.7 Å². The van der Waals surface area contributed by atoms with Crippen molar-refractivity contribution in [3.63, 3.8) is 0 Å². The Bertz CT molecular complexity index is 1010. The van der Waals surface area contributed by atoms with Crippen LogP contribution in [-0.2, 0) is 16.1 Å². The van der Waals surface area contributed by atoms with E-state index in [-0.39, 0.29) is 24.4 Å². The van der Waals surface area contributed by atoms with Gasteiger partial charge in [0.1, 0.15) is 12.3 Å². The van der Waals surface area contributed by atoms with Crippen molar-refractivity contribution in [1.82, 2.24) is 14.9 Å². The van der Waals surface area contributed by atoms with Gasteiger partial charge in [0.2, 0.25) is 11.8 Å². The first kappa shape index (κ1) is 17.2. The first-order valence-corrected chi connectivity index (χ1v) is 7.83. The fourth-order valence-corrected chi connectivity index (χ4v) is 2.36. The molecule has 0 aliphatic heterocycles. The second-order valence-electron chi connectivity index (χ2n) is 5.57. The second kappa shape index (κ2) is 7.47. The van der Waals surface area contributed by atoms with Crippen LogP contribution in [0, 0.1) is 0 Å². The Kier molecular flexibility index (Phi) is 4.93. The number of aromatic nitrogens is 2. The third kappa shape index (κ3) is 4.04. The normalized spacial score (nSPS) is 10.5. The number of phenolic OH excluding ortho intramolecular Hbond substituents is 1. The predicted molar refractivity (Wildman–Crippen MR) is 95.7 cm³/mol. The van der Waals surface area contributed by atoms with Gasteiger partial charge < -0.3 is 15.7 Å². The summed E-state index contributed by atoms with van der Waals surface area (Å²) in [4.78, 5) is 40.3. The SMILES string of the molecule is O=C(Cn1cnc2ccccc2c1=O)NCC(=O)Nc1ccc(O)cc1. The third-order valence-electron chi connectivity index (χ3n) is 3.64.